The maximum absolute atomic E-state index is 13.2. The van der Waals surface area contributed by atoms with Crippen molar-refractivity contribution in [2.24, 2.45) is 11.1 Å². The Balaban J connectivity index is 2.51. The van der Waals surface area contributed by atoms with E-state index in [9.17, 15) is 8.78 Å². The molecular formula is C19H25F2NO. The molecule has 1 aromatic carbocycles. The number of alkyl halides is 2. The number of nitrogens with two attached hydrogens (primary N) is 1. The van der Waals surface area contributed by atoms with Crippen LogP contribution in [0.2, 0.25) is 0 Å². The Morgan fingerprint density at radius 1 is 1.22 bits per heavy atom. The van der Waals surface area contributed by atoms with E-state index in [2.05, 4.69) is 20.8 Å². The van der Waals surface area contributed by atoms with Crippen LogP contribution in [0.3, 0.4) is 0 Å². The molecule has 2 unspecified atom stereocenters. The van der Waals surface area contributed by atoms with Crippen LogP contribution in [0, 0.1) is 5.41 Å². The van der Waals surface area contributed by atoms with E-state index in [0.717, 1.165) is 11.1 Å². The Labute approximate surface area is 137 Å². The maximum atomic E-state index is 13.2. The highest BCUT2D eigenvalue weighted by Crippen LogP contribution is 2.49. The molecule has 0 saturated carbocycles. The molecule has 126 valence electrons. The minimum absolute atomic E-state index is 0.211. The fourth-order valence-corrected chi connectivity index (χ4v) is 3.52. The van der Waals surface area contributed by atoms with Gasteiger partial charge in [-0.25, -0.2) is 0 Å². The molecular weight excluding hydrogens is 296 g/mol. The molecule has 1 aliphatic carbocycles. The normalized spacial score (nSPS) is 23.0. The largest absolute Gasteiger partial charge is 0.346 e. The Kier molecular flexibility index (Phi) is 5.37. The maximum Gasteiger partial charge on any atom is 0.346 e. The molecule has 2 rings (SSSR count). The van der Waals surface area contributed by atoms with Gasteiger partial charge in [-0.3, -0.25) is 0 Å². The standard InChI is InChI=1S/C19H25F2NO/c1-18(2,3)16(15-7-5-4-6-8-15)19(23-17(20)21)11-9-14(13-22)10-12-19/h4-11,16-17H,12-13,22H2,1-3H3. The molecule has 23 heavy (non-hydrogen) atoms. The van der Waals surface area contributed by atoms with Gasteiger partial charge in [0.15, 0.2) is 0 Å². The third-order valence-electron chi connectivity index (χ3n) is 4.29. The summed E-state index contributed by atoms with van der Waals surface area (Å²) in [5.41, 5.74) is 6.26. The van der Waals surface area contributed by atoms with Crippen molar-refractivity contribution in [1.82, 2.24) is 0 Å². The number of ether oxygens (including phenoxy) is 1. The van der Waals surface area contributed by atoms with Gasteiger partial charge in [0.05, 0.1) is 0 Å². The fraction of sp³-hybridized carbons (Fsp3) is 0.474. The van der Waals surface area contributed by atoms with Crippen LogP contribution in [0.1, 0.15) is 38.7 Å². The molecule has 0 saturated heterocycles. The summed E-state index contributed by atoms with van der Waals surface area (Å²) >= 11 is 0. The summed E-state index contributed by atoms with van der Waals surface area (Å²) in [5.74, 6) is -0.211. The van der Waals surface area contributed by atoms with E-state index in [1.54, 1.807) is 6.08 Å². The van der Waals surface area contributed by atoms with E-state index in [0.29, 0.717) is 13.0 Å². The van der Waals surface area contributed by atoms with Crippen molar-refractivity contribution in [2.45, 2.75) is 45.3 Å². The molecule has 0 aromatic heterocycles. The Morgan fingerprint density at radius 2 is 1.87 bits per heavy atom. The zero-order valence-electron chi connectivity index (χ0n) is 13.9. The topological polar surface area (TPSA) is 35.2 Å². The molecule has 0 radical (unpaired) electrons. The van der Waals surface area contributed by atoms with Crippen molar-refractivity contribution < 1.29 is 13.5 Å². The fourth-order valence-electron chi connectivity index (χ4n) is 3.52. The van der Waals surface area contributed by atoms with Gasteiger partial charge in [-0.15, -0.1) is 0 Å². The zero-order valence-corrected chi connectivity index (χ0v) is 13.9. The molecule has 0 fully saturated rings. The highest BCUT2D eigenvalue weighted by molar-refractivity contribution is 5.36. The number of halogens is 2. The first-order valence-corrected chi connectivity index (χ1v) is 7.88. The van der Waals surface area contributed by atoms with Gasteiger partial charge in [-0.1, -0.05) is 69.3 Å². The highest BCUT2D eigenvalue weighted by atomic mass is 19.3. The quantitative estimate of drug-likeness (QED) is 0.857. The van der Waals surface area contributed by atoms with E-state index < -0.39 is 12.2 Å². The predicted molar refractivity (Wildman–Crippen MR) is 89.4 cm³/mol. The lowest BCUT2D eigenvalue weighted by Gasteiger charge is -2.46. The van der Waals surface area contributed by atoms with Crippen molar-refractivity contribution in [3.8, 4) is 0 Å². The van der Waals surface area contributed by atoms with Crippen LogP contribution in [0.4, 0.5) is 8.78 Å². The number of hydrogen-bond acceptors (Lipinski definition) is 2. The minimum Gasteiger partial charge on any atom is -0.327 e. The summed E-state index contributed by atoms with van der Waals surface area (Å²) in [5, 5.41) is 0. The van der Waals surface area contributed by atoms with E-state index in [-0.39, 0.29) is 11.3 Å². The molecule has 1 aromatic rings. The Morgan fingerprint density at radius 3 is 2.30 bits per heavy atom. The molecule has 1 aliphatic rings. The summed E-state index contributed by atoms with van der Waals surface area (Å²) in [4.78, 5) is 0. The number of benzene rings is 1. The van der Waals surface area contributed by atoms with Gasteiger partial charge in [0.1, 0.15) is 5.60 Å². The van der Waals surface area contributed by atoms with E-state index in [1.807, 2.05) is 42.5 Å². The molecule has 0 heterocycles. The smallest absolute Gasteiger partial charge is 0.327 e. The van der Waals surface area contributed by atoms with Crippen molar-refractivity contribution in [2.75, 3.05) is 6.54 Å². The summed E-state index contributed by atoms with van der Waals surface area (Å²) in [6.45, 7) is 3.72. The lowest BCUT2D eigenvalue weighted by Crippen LogP contribution is -2.45. The predicted octanol–water partition coefficient (Wildman–Crippen LogP) is 4.64. The van der Waals surface area contributed by atoms with Crippen LogP contribution < -0.4 is 5.73 Å². The summed E-state index contributed by atoms with van der Waals surface area (Å²) < 4.78 is 31.6. The van der Waals surface area contributed by atoms with E-state index in [4.69, 9.17) is 10.5 Å². The SMILES string of the molecule is CC(C)(C)C(c1ccccc1)C1(OC(F)F)C=CC(CN)=CC1. The van der Waals surface area contributed by atoms with Crippen molar-refractivity contribution in [1.29, 1.82) is 0 Å². The molecule has 2 nitrogen and oxygen atoms in total. The first kappa shape index (κ1) is 17.8. The summed E-state index contributed by atoms with van der Waals surface area (Å²) in [7, 11) is 0. The van der Waals surface area contributed by atoms with E-state index in [1.165, 1.54) is 0 Å². The second kappa shape index (κ2) is 6.93. The minimum atomic E-state index is -2.83. The lowest BCUT2D eigenvalue weighted by atomic mass is 9.64. The van der Waals surface area contributed by atoms with Crippen molar-refractivity contribution in [3.05, 3.63) is 59.7 Å². The van der Waals surface area contributed by atoms with Crippen molar-refractivity contribution >= 4 is 0 Å². The van der Waals surface area contributed by atoms with E-state index >= 15 is 0 Å². The third-order valence-corrected chi connectivity index (χ3v) is 4.29. The van der Waals surface area contributed by atoms with Crippen molar-refractivity contribution in [3.63, 3.8) is 0 Å². The molecule has 0 amide bonds. The van der Waals surface area contributed by atoms with Gasteiger partial charge in [-0.2, -0.15) is 8.78 Å². The van der Waals surface area contributed by atoms with Crippen LogP contribution in [-0.4, -0.2) is 18.8 Å². The van der Waals surface area contributed by atoms with Crippen LogP contribution in [0.5, 0.6) is 0 Å². The number of hydrogen-bond donors (Lipinski definition) is 1. The second-order valence-corrected chi connectivity index (χ2v) is 7.06. The van der Waals surface area contributed by atoms with Gasteiger partial charge in [0, 0.05) is 12.5 Å². The molecule has 0 spiro atoms. The van der Waals surface area contributed by atoms with Crippen LogP contribution >= 0.6 is 0 Å². The average Bonchev–Trinajstić information content (AvgIpc) is 2.47. The van der Waals surface area contributed by atoms with Gasteiger partial charge in [0.25, 0.3) is 0 Å². The molecule has 0 bridgehead atoms. The molecule has 2 atom stereocenters. The first-order chi connectivity index (χ1) is 10.8. The average molecular weight is 321 g/mol. The lowest BCUT2D eigenvalue weighted by molar-refractivity contribution is -0.206. The first-order valence-electron chi connectivity index (χ1n) is 7.88. The summed E-state index contributed by atoms with van der Waals surface area (Å²) in [6.07, 6.45) is 5.87. The van der Waals surface area contributed by atoms with Crippen LogP contribution in [0.15, 0.2) is 54.1 Å². The molecule has 4 heteroatoms. The van der Waals surface area contributed by atoms with Crippen LogP contribution in [-0.2, 0) is 4.74 Å². The van der Waals surface area contributed by atoms with Gasteiger partial charge >= 0.3 is 6.61 Å². The number of rotatable bonds is 5. The van der Waals surface area contributed by atoms with Gasteiger partial charge in [0.2, 0.25) is 0 Å². The Bertz CT molecular complexity index is 575. The zero-order chi connectivity index (χ0) is 17.1. The van der Waals surface area contributed by atoms with Crippen LogP contribution in [0.25, 0.3) is 0 Å². The highest BCUT2D eigenvalue weighted by Gasteiger charge is 2.46. The van der Waals surface area contributed by atoms with Gasteiger partial charge in [-0.05, 0) is 23.0 Å². The second-order valence-electron chi connectivity index (χ2n) is 7.06. The Hall–Kier alpha value is -1.52. The summed E-state index contributed by atoms with van der Waals surface area (Å²) in [6, 6.07) is 9.73. The molecule has 0 aliphatic heterocycles. The third kappa shape index (κ3) is 4.06. The molecule has 2 N–H and O–H groups in total. The monoisotopic (exact) mass is 321 g/mol. The van der Waals surface area contributed by atoms with Gasteiger partial charge < -0.3 is 10.5 Å².